The Morgan fingerprint density at radius 2 is 2.09 bits per heavy atom. The van der Waals surface area contributed by atoms with Crippen molar-refractivity contribution in [2.45, 2.75) is 27.2 Å². The predicted octanol–water partition coefficient (Wildman–Crippen LogP) is 3.61. The first kappa shape index (κ1) is 18.6. The summed E-state index contributed by atoms with van der Waals surface area (Å²) in [6.45, 7) is 7.30. The molecular weight excluding hydrogens is 304 g/mol. The Morgan fingerprint density at radius 1 is 1.41 bits per heavy atom. The number of urea groups is 1. The van der Waals surface area contributed by atoms with Crippen molar-refractivity contribution < 1.29 is 14.6 Å². The van der Waals surface area contributed by atoms with Crippen LogP contribution in [0.3, 0.4) is 0 Å². The van der Waals surface area contributed by atoms with Crippen molar-refractivity contribution in [2.75, 3.05) is 32.1 Å². The minimum atomic E-state index is -0.237. The van der Waals surface area contributed by atoms with Gasteiger partial charge in [-0.2, -0.15) is 0 Å². The quantitative estimate of drug-likeness (QED) is 0.838. The maximum atomic E-state index is 12.5. The monoisotopic (exact) mass is 328 g/mol. The Hall–Kier alpha value is -1.46. The summed E-state index contributed by atoms with van der Waals surface area (Å²) in [5, 5.41) is 12.3. The highest BCUT2D eigenvalue weighted by Crippen LogP contribution is 2.27. The number of hydrogen-bond acceptors (Lipinski definition) is 3. The first-order valence-corrected chi connectivity index (χ1v) is 7.65. The van der Waals surface area contributed by atoms with Crippen LogP contribution in [0.4, 0.5) is 10.5 Å². The second-order valence-corrected chi connectivity index (χ2v) is 6.74. The molecule has 0 heterocycles. The second-order valence-electron chi connectivity index (χ2n) is 6.34. The molecule has 0 unspecified atom stereocenters. The van der Waals surface area contributed by atoms with Gasteiger partial charge in [-0.05, 0) is 24.0 Å². The van der Waals surface area contributed by atoms with E-state index in [9.17, 15) is 4.79 Å². The van der Waals surface area contributed by atoms with Crippen LogP contribution in [0.2, 0.25) is 5.02 Å². The van der Waals surface area contributed by atoms with Gasteiger partial charge in [-0.15, -0.1) is 0 Å². The van der Waals surface area contributed by atoms with E-state index >= 15 is 0 Å². The van der Waals surface area contributed by atoms with Gasteiger partial charge in [0.2, 0.25) is 0 Å². The molecule has 0 spiro atoms. The van der Waals surface area contributed by atoms with Crippen LogP contribution < -0.4 is 10.1 Å². The molecule has 6 heteroatoms. The molecule has 0 aliphatic heterocycles. The number of hydrogen-bond donors (Lipinski definition) is 2. The minimum Gasteiger partial charge on any atom is -0.497 e. The number of carbonyl (C=O) groups is 1. The Balaban J connectivity index is 2.85. The lowest BCUT2D eigenvalue weighted by atomic mass is 9.96. The molecule has 1 aromatic carbocycles. The number of amides is 2. The summed E-state index contributed by atoms with van der Waals surface area (Å²) in [6.07, 6.45) is 0.537. The fourth-order valence-corrected chi connectivity index (χ4v) is 2.17. The van der Waals surface area contributed by atoms with E-state index in [4.69, 9.17) is 21.4 Å². The molecule has 0 saturated heterocycles. The Kier molecular flexibility index (Phi) is 6.97. The molecule has 0 bridgehead atoms. The SMILES string of the molecule is COc1ccc(Cl)c(NC(=O)N(CCCO)CC(C)(C)C)c1. The predicted molar refractivity (Wildman–Crippen MR) is 89.8 cm³/mol. The minimum absolute atomic E-state index is 0.0367. The van der Waals surface area contributed by atoms with E-state index < -0.39 is 0 Å². The van der Waals surface area contributed by atoms with Gasteiger partial charge >= 0.3 is 6.03 Å². The Bertz CT molecular complexity index is 501. The largest absolute Gasteiger partial charge is 0.497 e. The molecule has 0 saturated carbocycles. The number of halogens is 1. The van der Waals surface area contributed by atoms with E-state index in [-0.39, 0.29) is 18.1 Å². The van der Waals surface area contributed by atoms with Crippen molar-refractivity contribution in [2.24, 2.45) is 5.41 Å². The normalized spacial score (nSPS) is 11.2. The molecule has 0 fully saturated rings. The molecule has 0 radical (unpaired) electrons. The van der Waals surface area contributed by atoms with E-state index in [0.717, 1.165) is 0 Å². The fourth-order valence-electron chi connectivity index (χ4n) is 2.01. The van der Waals surface area contributed by atoms with Crippen molar-refractivity contribution in [3.05, 3.63) is 23.2 Å². The fraction of sp³-hybridized carbons (Fsp3) is 0.562. The summed E-state index contributed by atoms with van der Waals surface area (Å²) in [6, 6.07) is 4.86. The van der Waals surface area contributed by atoms with Gasteiger partial charge in [0.25, 0.3) is 0 Å². The summed E-state index contributed by atoms with van der Waals surface area (Å²) >= 11 is 6.11. The van der Waals surface area contributed by atoms with E-state index in [1.807, 2.05) is 0 Å². The first-order valence-electron chi connectivity index (χ1n) is 7.27. The second kappa shape index (κ2) is 8.25. The number of nitrogens with one attached hydrogen (secondary N) is 1. The smallest absolute Gasteiger partial charge is 0.321 e. The number of carbonyl (C=O) groups excluding carboxylic acids is 1. The standard InChI is InChI=1S/C16H25ClN2O3/c1-16(2,3)11-19(8-5-9-20)15(21)18-14-10-12(22-4)6-7-13(14)17/h6-7,10,20H,5,8-9,11H2,1-4H3,(H,18,21). The average Bonchev–Trinajstić information content (AvgIpc) is 2.44. The van der Waals surface area contributed by atoms with Crippen molar-refractivity contribution in [1.29, 1.82) is 0 Å². The molecule has 1 rings (SSSR count). The molecule has 2 amide bonds. The third kappa shape index (κ3) is 6.12. The molecule has 2 N–H and O–H groups in total. The maximum Gasteiger partial charge on any atom is 0.321 e. The van der Waals surface area contributed by atoms with E-state index in [2.05, 4.69) is 26.1 Å². The zero-order valence-electron chi connectivity index (χ0n) is 13.6. The van der Waals surface area contributed by atoms with Gasteiger partial charge in [-0.25, -0.2) is 4.79 Å². The molecule has 0 aliphatic rings. The van der Waals surface area contributed by atoms with Crippen LogP contribution in [0, 0.1) is 5.41 Å². The van der Waals surface area contributed by atoms with Gasteiger partial charge in [0.05, 0.1) is 17.8 Å². The van der Waals surface area contributed by atoms with Gasteiger partial charge in [0.1, 0.15) is 5.75 Å². The van der Waals surface area contributed by atoms with E-state index in [1.54, 1.807) is 30.2 Å². The summed E-state index contributed by atoms with van der Waals surface area (Å²) in [5.41, 5.74) is 0.472. The molecule has 0 atom stereocenters. The summed E-state index contributed by atoms with van der Waals surface area (Å²) in [4.78, 5) is 14.2. The van der Waals surface area contributed by atoms with E-state index in [1.165, 1.54) is 0 Å². The number of aliphatic hydroxyl groups excluding tert-OH is 1. The molecule has 0 aliphatic carbocycles. The highest BCUT2D eigenvalue weighted by molar-refractivity contribution is 6.33. The van der Waals surface area contributed by atoms with Gasteiger partial charge in [0, 0.05) is 25.8 Å². The average molecular weight is 329 g/mol. The lowest BCUT2D eigenvalue weighted by Gasteiger charge is -2.30. The molecule has 0 aromatic heterocycles. The van der Waals surface area contributed by atoms with Crippen LogP contribution in [0.1, 0.15) is 27.2 Å². The molecular formula is C16H25ClN2O3. The van der Waals surface area contributed by atoms with Crippen LogP contribution >= 0.6 is 11.6 Å². The molecule has 124 valence electrons. The number of ether oxygens (including phenoxy) is 1. The third-order valence-corrected chi connectivity index (χ3v) is 3.28. The Morgan fingerprint density at radius 3 is 2.64 bits per heavy atom. The summed E-state index contributed by atoms with van der Waals surface area (Å²) in [5.74, 6) is 0.623. The number of benzene rings is 1. The van der Waals surface area contributed by atoms with Gasteiger partial charge in [-0.1, -0.05) is 32.4 Å². The number of methoxy groups -OCH3 is 1. The lowest BCUT2D eigenvalue weighted by Crippen LogP contribution is -2.41. The number of aliphatic hydroxyl groups is 1. The van der Waals surface area contributed by atoms with E-state index in [0.29, 0.717) is 36.0 Å². The van der Waals surface area contributed by atoms with Crippen molar-refractivity contribution in [3.63, 3.8) is 0 Å². The van der Waals surface area contributed by atoms with Crippen molar-refractivity contribution in [3.8, 4) is 5.75 Å². The molecule has 1 aromatic rings. The highest BCUT2D eigenvalue weighted by atomic mass is 35.5. The number of rotatable bonds is 6. The lowest BCUT2D eigenvalue weighted by molar-refractivity contribution is 0.176. The van der Waals surface area contributed by atoms with Crippen LogP contribution in [0.5, 0.6) is 5.75 Å². The molecule has 22 heavy (non-hydrogen) atoms. The first-order chi connectivity index (χ1) is 10.3. The van der Waals surface area contributed by atoms with Crippen LogP contribution in [-0.2, 0) is 0 Å². The zero-order valence-corrected chi connectivity index (χ0v) is 14.4. The summed E-state index contributed by atoms with van der Waals surface area (Å²) in [7, 11) is 1.56. The van der Waals surface area contributed by atoms with Gasteiger partial charge in [-0.3, -0.25) is 0 Å². The highest BCUT2D eigenvalue weighted by Gasteiger charge is 2.21. The maximum absolute atomic E-state index is 12.5. The number of nitrogens with zero attached hydrogens (tertiary/aromatic N) is 1. The number of anilines is 1. The van der Waals surface area contributed by atoms with Crippen LogP contribution in [0.15, 0.2) is 18.2 Å². The Labute approximate surface area is 137 Å². The van der Waals surface area contributed by atoms with Crippen molar-refractivity contribution >= 4 is 23.3 Å². The summed E-state index contributed by atoms with van der Waals surface area (Å²) < 4.78 is 5.14. The topological polar surface area (TPSA) is 61.8 Å². The van der Waals surface area contributed by atoms with Gasteiger partial charge < -0.3 is 20.1 Å². The molecule has 5 nitrogen and oxygen atoms in total. The van der Waals surface area contributed by atoms with Gasteiger partial charge in [0.15, 0.2) is 0 Å². The van der Waals surface area contributed by atoms with Crippen LogP contribution in [0.25, 0.3) is 0 Å². The van der Waals surface area contributed by atoms with Crippen molar-refractivity contribution in [1.82, 2.24) is 4.90 Å². The van der Waals surface area contributed by atoms with Crippen LogP contribution in [-0.4, -0.2) is 42.8 Å². The third-order valence-electron chi connectivity index (χ3n) is 2.95. The zero-order chi connectivity index (χ0) is 16.8.